The minimum Gasteiger partial charge on any atom is -0.478 e. The molecule has 2 aromatic rings. The van der Waals surface area contributed by atoms with Gasteiger partial charge < -0.3 is 10.0 Å². The maximum Gasteiger partial charge on any atom is 0.335 e. The van der Waals surface area contributed by atoms with Crippen molar-refractivity contribution < 1.29 is 14.7 Å². The zero-order chi connectivity index (χ0) is 14.8. The van der Waals surface area contributed by atoms with Gasteiger partial charge in [0.15, 0.2) is 0 Å². The molecule has 1 aliphatic rings. The number of amides is 1. The smallest absolute Gasteiger partial charge is 0.335 e. The molecule has 0 spiro atoms. The monoisotopic (exact) mass is 282 g/mol. The van der Waals surface area contributed by atoms with Gasteiger partial charge in [0.1, 0.15) is 0 Å². The first-order chi connectivity index (χ1) is 10.1. The number of anilines is 1. The van der Waals surface area contributed by atoms with Gasteiger partial charge in [-0.1, -0.05) is 6.07 Å². The molecule has 2 heterocycles. The van der Waals surface area contributed by atoms with Crippen LogP contribution in [-0.2, 0) is 17.6 Å². The van der Waals surface area contributed by atoms with Crippen molar-refractivity contribution in [2.24, 2.45) is 0 Å². The number of pyridine rings is 1. The first-order valence-electron chi connectivity index (χ1n) is 6.70. The Bertz CT molecular complexity index is 698. The quantitative estimate of drug-likeness (QED) is 0.933. The maximum atomic E-state index is 12.4. The highest BCUT2D eigenvalue weighted by atomic mass is 16.4. The lowest BCUT2D eigenvalue weighted by Gasteiger charge is -2.17. The Hall–Kier alpha value is -2.69. The Morgan fingerprint density at radius 2 is 2.14 bits per heavy atom. The lowest BCUT2D eigenvalue weighted by atomic mass is 10.1. The van der Waals surface area contributed by atoms with E-state index in [4.69, 9.17) is 5.11 Å². The van der Waals surface area contributed by atoms with Gasteiger partial charge in [0.25, 0.3) is 0 Å². The maximum absolute atomic E-state index is 12.4. The predicted octanol–water partition coefficient (Wildman–Crippen LogP) is 1.91. The molecule has 0 aliphatic carbocycles. The summed E-state index contributed by atoms with van der Waals surface area (Å²) in [6.07, 6.45) is 4.35. The second kappa shape index (κ2) is 5.36. The Kier molecular flexibility index (Phi) is 3.39. The number of carbonyl (C=O) groups is 2. The van der Waals surface area contributed by atoms with Crippen LogP contribution >= 0.6 is 0 Å². The van der Waals surface area contributed by atoms with E-state index in [1.807, 2.05) is 6.07 Å². The number of rotatable bonds is 3. The van der Waals surface area contributed by atoms with Gasteiger partial charge in [-0.05, 0) is 41.8 Å². The van der Waals surface area contributed by atoms with Gasteiger partial charge in [-0.2, -0.15) is 0 Å². The molecule has 1 N–H and O–H groups in total. The minimum atomic E-state index is -0.946. The van der Waals surface area contributed by atoms with E-state index < -0.39 is 5.97 Å². The standard InChI is InChI=1S/C16H14N2O3/c19-15(8-11-2-1-6-17-10-11)18-7-5-12-9-13(16(20)21)3-4-14(12)18/h1-4,6,9-10H,5,7-8H2,(H,20,21). The second-order valence-corrected chi connectivity index (χ2v) is 4.98. The summed E-state index contributed by atoms with van der Waals surface area (Å²) in [4.78, 5) is 29.1. The molecule has 0 radical (unpaired) electrons. The zero-order valence-corrected chi connectivity index (χ0v) is 11.3. The Morgan fingerprint density at radius 3 is 2.86 bits per heavy atom. The number of nitrogens with zero attached hydrogens (tertiary/aromatic N) is 2. The molecule has 0 saturated heterocycles. The number of carbonyl (C=O) groups excluding carboxylic acids is 1. The molecule has 5 heteroatoms. The van der Waals surface area contributed by atoms with Crippen LogP contribution in [0.25, 0.3) is 0 Å². The molecule has 1 aromatic heterocycles. The van der Waals surface area contributed by atoms with Crippen LogP contribution in [-0.4, -0.2) is 28.5 Å². The summed E-state index contributed by atoms with van der Waals surface area (Å²) in [5.74, 6) is -0.942. The van der Waals surface area contributed by atoms with Gasteiger partial charge in [-0.15, -0.1) is 0 Å². The molecule has 0 saturated carbocycles. The van der Waals surface area contributed by atoms with Gasteiger partial charge >= 0.3 is 5.97 Å². The van der Waals surface area contributed by atoms with Gasteiger partial charge in [0, 0.05) is 24.6 Å². The summed E-state index contributed by atoms with van der Waals surface area (Å²) in [6.45, 7) is 0.595. The molecule has 5 nitrogen and oxygen atoms in total. The van der Waals surface area contributed by atoms with Crippen LogP contribution in [0.15, 0.2) is 42.7 Å². The molecule has 1 aromatic carbocycles. The summed E-state index contributed by atoms with van der Waals surface area (Å²) >= 11 is 0. The first-order valence-corrected chi connectivity index (χ1v) is 6.70. The van der Waals surface area contributed by atoms with Crippen LogP contribution in [0.1, 0.15) is 21.5 Å². The second-order valence-electron chi connectivity index (χ2n) is 4.98. The predicted molar refractivity (Wildman–Crippen MR) is 77.4 cm³/mol. The van der Waals surface area contributed by atoms with E-state index in [0.717, 1.165) is 16.8 Å². The highest BCUT2D eigenvalue weighted by molar-refractivity contribution is 5.97. The van der Waals surface area contributed by atoms with Crippen molar-refractivity contribution in [3.05, 3.63) is 59.4 Å². The number of hydrogen-bond acceptors (Lipinski definition) is 3. The first kappa shape index (κ1) is 13.3. The van der Waals surface area contributed by atoms with Gasteiger partial charge in [0.2, 0.25) is 5.91 Å². The number of fused-ring (bicyclic) bond motifs is 1. The summed E-state index contributed by atoms with van der Waals surface area (Å²) in [7, 11) is 0. The van der Waals surface area contributed by atoms with E-state index >= 15 is 0 Å². The third kappa shape index (κ3) is 2.63. The third-order valence-corrected chi connectivity index (χ3v) is 3.60. The number of benzene rings is 1. The van der Waals surface area contributed by atoms with Crippen molar-refractivity contribution in [1.29, 1.82) is 0 Å². The molecule has 0 fully saturated rings. The van der Waals surface area contributed by atoms with Crippen LogP contribution in [0, 0.1) is 0 Å². The van der Waals surface area contributed by atoms with E-state index in [9.17, 15) is 9.59 Å². The number of hydrogen-bond donors (Lipinski definition) is 1. The summed E-state index contributed by atoms with van der Waals surface area (Å²) < 4.78 is 0. The summed E-state index contributed by atoms with van der Waals surface area (Å²) in [5.41, 5.74) is 2.86. The molecular weight excluding hydrogens is 268 g/mol. The number of carboxylic acids is 1. The van der Waals surface area contributed by atoms with Crippen LogP contribution in [0.5, 0.6) is 0 Å². The van der Waals surface area contributed by atoms with Crippen LogP contribution in [0.4, 0.5) is 5.69 Å². The molecule has 21 heavy (non-hydrogen) atoms. The third-order valence-electron chi connectivity index (χ3n) is 3.60. The Labute approximate surface area is 121 Å². The molecule has 0 bridgehead atoms. The van der Waals surface area contributed by atoms with E-state index in [1.165, 1.54) is 6.07 Å². The highest BCUT2D eigenvalue weighted by Gasteiger charge is 2.25. The highest BCUT2D eigenvalue weighted by Crippen LogP contribution is 2.29. The fraction of sp³-hybridized carbons (Fsp3) is 0.188. The lowest BCUT2D eigenvalue weighted by molar-refractivity contribution is -0.117. The van der Waals surface area contributed by atoms with Crippen molar-refractivity contribution in [3.8, 4) is 0 Å². The van der Waals surface area contributed by atoms with Gasteiger partial charge in [-0.3, -0.25) is 9.78 Å². The fourth-order valence-electron chi connectivity index (χ4n) is 2.57. The van der Waals surface area contributed by atoms with Crippen molar-refractivity contribution in [2.75, 3.05) is 11.4 Å². The SMILES string of the molecule is O=C(O)c1ccc2c(c1)CCN2C(=O)Cc1cccnc1. The molecule has 1 amide bonds. The van der Waals surface area contributed by atoms with E-state index in [-0.39, 0.29) is 11.5 Å². The molecule has 1 aliphatic heterocycles. The van der Waals surface area contributed by atoms with Crippen LogP contribution in [0.3, 0.4) is 0 Å². The van der Waals surface area contributed by atoms with E-state index in [1.54, 1.807) is 35.5 Å². The van der Waals surface area contributed by atoms with Gasteiger partial charge in [-0.25, -0.2) is 4.79 Å². The average molecular weight is 282 g/mol. The van der Waals surface area contributed by atoms with Crippen LogP contribution in [0.2, 0.25) is 0 Å². The summed E-state index contributed by atoms with van der Waals surface area (Å²) in [6, 6.07) is 8.58. The van der Waals surface area contributed by atoms with E-state index in [0.29, 0.717) is 19.4 Å². The molecule has 0 unspecified atom stereocenters. The van der Waals surface area contributed by atoms with Crippen molar-refractivity contribution in [2.45, 2.75) is 12.8 Å². The number of aromatic carboxylic acids is 1. The molecule has 0 atom stereocenters. The Balaban J connectivity index is 1.81. The van der Waals surface area contributed by atoms with E-state index in [2.05, 4.69) is 4.98 Å². The van der Waals surface area contributed by atoms with Crippen molar-refractivity contribution in [3.63, 3.8) is 0 Å². The number of aromatic nitrogens is 1. The normalized spacial score (nSPS) is 13.0. The largest absolute Gasteiger partial charge is 0.478 e. The fourth-order valence-corrected chi connectivity index (χ4v) is 2.57. The topological polar surface area (TPSA) is 70.5 Å². The summed E-state index contributed by atoms with van der Waals surface area (Å²) in [5, 5.41) is 9.00. The molecule has 3 rings (SSSR count). The van der Waals surface area contributed by atoms with Crippen LogP contribution < -0.4 is 4.90 Å². The average Bonchev–Trinajstić information content (AvgIpc) is 2.91. The lowest BCUT2D eigenvalue weighted by Crippen LogP contribution is -2.30. The van der Waals surface area contributed by atoms with Crippen molar-refractivity contribution in [1.82, 2.24) is 4.98 Å². The molecular formula is C16H14N2O3. The number of carboxylic acid groups (broad SMARTS) is 1. The van der Waals surface area contributed by atoms with Gasteiger partial charge in [0.05, 0.1) is 12.0 Å². The Morgan fingerprint density at radius 1 is 1.29 bits per heavy atom. The molecule has 106 valence electrons. The van der Waals surface area contributed by atoms with Crippen molar-refractivity contribution >= 4 is 17.6 Å². The minimum absolute atomic E-state index is 0.00447. The zero-order valence-electron chi connectivity index (χ0n) is 11.3.